The molecule has 2 N–H and O–H groups in total. The fraction of sp³-hybridized carbons (Fsp3) is 0.360. The first-order valence-corrected chi connectivity index (χ1v) is 12.0. The van der Waals surface area contributed by atoms with Crippen LogP contribution in [0.15, 0.2) is 36.8 Å². The van der Waals surface area contributed by atoms with E-state index in [1.54, 1.807) is 25.6 Å². The number of hydrogen-bond donors (Lipinski definition) is 2. The Morgan fingerprint density at radius 3 is 2.71 bits per heavy atom. The Morgan fingerprint density at radius 2 is 1.97 bits per heavy atom. The van der Waals surface area contributed by atoms with Crippen LogP contribution in [0.2, 0.25) is 5.02 Å². The van der Waals surface area contributed by atoms with Crippen molar-refractivity contribution in [3.05, 3.63) is 58.6 Å². The Hall–Kier alpha value is -3.11. The van der Waals surface area contributed by atoms with E-state index in [2.05, 4.69) is 30.2 Å². The summed E-state index contributed by atoms with van der Waals surface area (Å²) in [5, 5.41) is 15.0. The average molecular weight is 494 g/mol. The number of nitrogens with zero attached hydrogens (tertiary/aromatic N) is 6. The Kier molecular flexibility index (Phi) is 6.92. The van der Waals surface area contributed by atoms with E-state index >= 15 is 0 Å². The van der Waals surface area contributed by atoms with E-state index in [0.717, 1.165) is 60.9 Å². The lowest BCUT2D eigenvalue weighted by Crippen LogP contribution is -2.46. The van der Waals surface area contributed by atoms with E-state index in [4.69, 9.17) is 16.3 Å². The second-order valence-corrected chi connectivity index (χ2v) is 8.99. The maximum absolute atomic E-state index is 11.5. The topological polar surface area (TPSA) is 99.5 Å². The van der Waals surface area contributed by atoms with Crippen LogP contribution in [0.5, 0.6) is 0 Å². The third-order valence-electron chi connectivity index (χ3n) is 6.27. The smallest absolute Gasteiger partial charge is 0.224 e. The molecule has 182 valence electrons. The van der Waals surface area contributed by atoms with Gasteiger partial charge in [0.2, 0.25) is 5.95 Å². The van der Waals surface area contributed by atoms with Gasteiger partial charge in [-0.15, -0.1) is 0 Å². The third kappa shape index (κ3) is 4.99. The first-order chi connectivity index (χ1) is 17.0. The van der Waals surface area contributed by atoms with Gasteiger partial charge in [0.15, 0.2) is 6.23 Å². The molecule has 0 spiro atoms. The van der Waals surface area contributed by atoms with Gasteiger partial charge in [0.1, 0.15) is 5.82 Å². The van der Waals surface area contributed by atoms with Crippen LogP contribution in [0, 0.1) is 6.92 Å². The first-order valence-electron chi connectivity index (χ1n) is 11.6. The van der Waals surface area contributed by atoms with Crippen molar-refractivity contribution in [2.24, 2.45) is 0 Å². The number of halogens is 1. The Morgan fingerprint density at radius 1 is 1.14 bits per heavy atom. The zero-order chi connectivity index (χ0) is 24.4. The van der Waals surface area contributed by atoms with E-state index in [1.165, 1.54) is 0 Å². The number of aliphatic hydroxyl groups is 1. The van der Waals surface area contributed by atoms with Crippen LogP contribution in [0.25, 0.3) is 22.9 Å². The molecule has 1 atom stereocenters. The number of aromatic nitrogens is 4. The predicted molar refractivity (Wildman–Crippen MR) is 137 cm³/mol. The number of nitrogens with one attached hydrogen (secondary N) is 1. The standard InChI is InChI=1S/C25H28ClN7O2/c1-16-13-28-15-22(30-16)17-3-4-19(21(26)12-17)20-11-18-14-29-25(27-2)31-23(18)33(24(20)34)6-5-32-7-9-35-10-8-32/h3-4,11-15,24,34H,5-10H2,1-2H3,(H,27,29,31). The van der Waals surface area contributed by atoms with Gasteiger partial charge >= 0.3 is 0 Å². The minimum absolute atomic E-state index is 0.505. The first kappa shape index (κ1) is 23.6. The molecule has 0 saturated carbocycles. The predicted octanol–water partition coefficient (Wildman–Crippen LogP) is 2.95. The van der Waals surface area contributed by atoms with Crippen LogP contribution in [0.1, 0.15) is 16.8 Å². The molecule has 1 saturated heterocycles. The van der Waals surface area contributed by atoms with Gasteiger partial charge in [-0.05, 0) is 19.1 Å². The van der Waals surface area contributed by atoms with Crippen molar-refractivity contribution in [1.82, 2.24) is 24.8 Å². The molecule has 5 rings (SSSR count). The van der Waals surface area contributed by atoms with E-state index < -0.39 is 6.23 Å². The molecule has 2 aliphatic rings. The monoisotopic (exact) mass is 493 g/mol. The summed E-state index contributed by atoms with van der Waals surface area (Å²) in [5.74, 6) is 1.20. The average Bonchev–Trinajstić information content (AvgIpc) is 2.88. The lowest BCUT2D eigenvalue weighted by atomic mass is 9.96. The lowest BCUT2D eigenvalue weighted by Gasteiger charge is -2.37. The molecule has 1 unspecified atom stereocenters. The van der Waals surface area contributed by atoms with Crippen LogP contribution in [-0.2, 0) is 4.74 Å². The highest BCUT2D eigenvalue weighted by molar-refractivity contribution is 6.33. The minimum Gasteiger partial charge on any atom is -0.379 e. The summed E-state index contributed by atoms with van der Waals surface area (Å²) in [7, 11) is 1.78. The SMILES string of the molecule is CNc1ncc2c(n1)N(CCN1CCOCC1)C(O)C(c1ccc(-c3cncc(C)n3)cc1Cl)=C2. The highest BCUT2D eigenvalue weighted by atomic mass is 35.5. The molecule has 1 aromatic carbocycles. The number of aliphatic hydroxyl groups excluding tert-OH is 1. The number of hydrogen-bond acceptors (Lipinski definition) is 9. The van der Waals surface area contributed by atoms with Crippen LogP contribution in [-0.4, -0.2) is 82.6 Å². The molecule has 0 aliphatic carbocycles. The Balaban J connectivity index is 1.48. The number of ether oxygens (including phenoxy) is 1. The highest BCUT2D eigenvalue weighted by Gasteiger charge is 2.31. The van der Waals surface area contributed by atoms with Crippen LogP contribution >= 0.6 is 11.6 Å². The Labute approximate surface area is 209 Å². The van der Waals surface area contributed by atoms with Crippen molar-refractivity contribution in [1.29, 1.82) is 0 Å². The Bertz CT molecular complexity index is 1250. The summed E-state index contributed by atoms with van der Waals surface area (Å²) >= 11 is 6.76. The molecular formula is C25H28ClN7O2. The van der Waals surface area contributed by atoms with Crippen LogP contribution in [0.4, 0.5) is 11.8 Å². The van der Waals surface area contributed by atoms with Gasteiger partial charge in [-0.25, -0.2) is 9.97 Å². The molecule has 0 amide bonds. The van der Waals surface area contributed by atoms with Gasteiger partial charge in [0.25, 0.3) is 0 Å². The number of fused-ring (bicyclic) bond motifs is 1. The van der Waals surface area contributed by atoms with Crippen molar-refractivity contribution in [2.75, 3.05) is 56.7 Å². The third-order valence-corrected chi connectivity index (χ3v) is 6.58. The molecule has 9 nitrogen and oxygen atoms in total. The molecule has 4 heterocycles. The summed E-state index contributed by atoms with van der Waals surface area (Å²) in [6.45, 7) is 6.48. The summed E-state index contributed by atoms with van der Waals surface area (Å²) in [4.78, 5) is 22.0. The van der Waals surface area contributed by atoms with E-state index in [9.17, 15) is 5.11 Å². The van der Waals surface area contributed by atoms with E-state index in [1.807, 2.05) is 36.1 Å². The zero-order valence-corrected chi connectivity index (χ0v) is 20.5. The molecule has 0 radical (unpaired) electrons. The van der Waals surface area contributed by atoms with Gasteiger partial charge in [-0.2, -0.15) is 4.98 Å². The highest BCUT2D eigenvalue weighted by Crippen LogP contribution is 2.38. The second-order valence-electron chi connectivity index (χ2n) is 8.58. The number of aryl methyl sites for hydroxylation is 1. The minimum atomic E-state index is -0.912. The molecule has 1 fully saturated rings. The summed E-state index contributed by atoms with van der Waals surface area (Å²) in [5.41, 5.74) is 4.74. The van der Waals surface area contributed by atoms with Gasteiger partial charge in [-0.1, -0.05) is 23.7 Å². The van der Waals surface area contributed by atoms with Crippen molar-refractivity contribution in [3.63, 3.8) is 0 Å². The lowest BCUT2D eigenvalue weighted by molar-refractivity contribution is 0.0383. The van der Waals surface area contributed by atoms with Crippen molar-refractivity contribution >= 4 is 35.0 Å². The van der Waals surface area contributed by atoms with E-state index in [-0.39, 0.29) is 0 Å². The normalized spacial score (nSPS) is 18.2. The van der Waals surface area contributed by atoms with Crippen molar-refractivity contribution in [3.8, 4) is 11.3 Å². The van der Waals surface area contributed by atoms with Crippen molar-refractivity contribution in [2.45, 2.75) is 13.2 Å². The second kappa shape index (κ2) is 10.2. The number of morpholine rings is 1. The quantitative estimate of drug-likeness (QED) is 0.536. The number of anilines is 2. The summed E-state index contributed by atoms with van der Waals surface area (Å²) in [6, 6.07) is 5.74. The molecule has 35 heavy (non-hydrogen) atoms. The summed E-state index contributed by atoms with van der Waals surface area (Å²) in [6.07, 6.45) is 6.20. The molecule has 10 heteroatoms. The number of benzene rings is 1. The molecular weight excluding hydrogens is 466 g/mol. The van der Waals surface area contributed by atoms with Gasteiger partial charge in [-0.3, -0.25) is 9.88 Å². The summed E-state index contributed by atoms with van der Waals surface area (Å²) < 4.78 is 5.47. The fourth-order valence-corrected chi connectivity index (χ4v) is 4.68. The largest absolute Gasteiger partial charge is 0.379 e. The molecule has 2 aliphatic heterocycles. The fourth-order valence-electron chi connectivity index (χ4n) is 4.39. The van der Waals surface area contributed by atoms with Crippen molar-refractivity contribution < 1.29 is 9.84 Å². The molecule has 2 aromatic heterocycles. The maximum atomic E-state index is 11.5. The van der Waals surface area contributed by atoms with Gasteiger partial charge < -0.3 is 20.1 Å². The van der Waals surface area contributed by atoms with Crippen LogP contribution < -0.4 is 10.2 Å². The van der Waals surface area contributed by atoms with Gasteiger partial charge in [0.05, 0.1) is 30.8 Å². The molecule has 3 aromatic rings. The zero-order valence-electron chi connectivity index (χ0n) is 19.8. The van der Waals surface area contributed by atoms with Crippen LogP contribution in [0.3, 0.4) is 0 Å². The number of rotatable bonds is 6. The van der Waals surface area contributed by atoms with E-state index in [0.29, 0.717) is 28.9 Å². The molecule has 0 bridgehead atoms. The van der Waals surface area contributed by atoms with Gasteiger partial charge in [0, 0.05) is 72.9 Å². The maximum Gasteiger partial charge on any atom is 0.224 e.